The van der Waals surface area contributed by atoms with Crippen LogP contribution < -0.4 is 0 Å². The third kappa shape index (κ3) is 7.48. The summed E-state index contributed by atoms with van der Waals surface area (Å²) in [6.07, 6.45) is 9.73. The second-order valence-corrected chi connectivity index (χ2v) is 2.48. The van der Waals surface area contributed by atoms with Gasteiger partial charge in [0.1, 0.15) is 0 Å². The topological polar surface area (TPSA) is 0 Å². The molecule has 0 nitrogen and oxygen atoms in total. The van der Waals surface area contributed by atoms with Gasteiger partial charge >= 0.3 is 0 Å². The van der Waals surface area contributed by atoms with Crippen molar-refractivity contribution in [3.63, 3.8) is 0 Å². The fourth-order valence-electron chi connectivity index (χ4n) is 0.565. The average molecular weight is 124 g/mol. The molecule has 9 heavy (non-hydrogen) atoms. The van der Waals surface area contributed by atoms with Crippen LogP contribution in [-0.2, 0) is 0 Å². The smallest absolute Gasteiger partial charge is 0.0169 e. The van der Waals surface area contributed by atoms with E-state index in [4.69, 9.17) is 0 Å². The lowest BCUT2D eigenvalue weighted by molar-refractivity contribution is 0.828. The third-order valence-corrected chi connectivity index (χ3v) is 1.03. The Balaban J connectivity index is 3.25. The van der Waals surface area contributed by atoms with E-state index in [2.05, 4.69) is 38.2 Å². The Morgan fingerprint density at radius 2 is 1.89 bits per heavy atom. The molecule has 0 radical (unpaired) electrons. The summed E-state index contributed by atoms with van der Waals surface area (Å²) in [4.78, 5) is 0. The van der Waals surface area contributed by atoms with E-state index < -0.39 is 0 Å². The van der Waals surface area contributed by atoms with Crippen LogP contribution in [0.25, 0.3) is 0 Å². The van der Waals surface area contributed by atoms with Crippen molar-refractivity contribution in [2.75, 3.05) is 0 Å². The molecule has 0 rings (SSSR count). The summed E-state index contributed by atoms with van der Waals surface area (Å²) in [7, 11) is 0. The highest BCUT2D eigenvalue weighted by molar-refractivity contribution is 4.92. The van der Waals surface area contributed by atoms with Gasteiger partial charge in [0.15, 0.2) is 0 Å². The first-order valence-corrected chi connectivity index (χ1v) is 3.55. The molecule has 0 aliphatic carbocycles. The van der Waals surface area contributed by atoms with Crippen LogP contribution in [0.15, 0.2) is 24.3 Å². The second-order valence-electron chi connectivity index (χ2n) is 2.48. The zero-order chi connectivity index (χ0) is 7.11. The Bertz CT molecular complexity index is 96.6. The van der Waals surface area contributed by atoms with E-state index in [0.29, 0.717) is 5.92 Å². The van der Waals surface area contributed by atoms with Crippen LogP contribution in [0, 0.1) is 5.92 Å². The molecular weight excluding hydrogens is 108 g/mol. The van der Waals surface area contributed by atoms with Crippen LogP contribution in [0.2, 0.25) is 0 Å². The predicted molar refractivity (Wildman–Crippen MR) is 43.4 cm³/mol. The van der Waals surface area contributed by atoms with Gasteiger partial charge < -0.3 is 0 Å². The zero-order valence-electron chi connectivity index (χ0n) is 6.59. The molecule has 0 bridgehead atoms. The Hall–Kier alpha value is -0.520. The SMILES string of the molecule is C/C=C/CC=CC(C)C. The van der Waals surface area contributed by atoms with E-state index in [1.54, 1.807) is 0 Å². The fraction of sp³-hybridized carbons (Fsp3) is 0.556. The normalized spacial score (nSPS) is 12.4. The van der Waals surface area contributed by atoms with Crippen LogP contribution in [-0.4, -0.2) is 0 Å². The number of allylic oxidation sites excluding steroid dienone is 4. The van der Waals surface area contributed by atoms with Crippen molar-refractivity contribution in [1.29, 1.82) is 0 Å². The molecule has 52 valence electrons. The Morgan fingerprint density at radius 3 is 2.33 bits per heavy atom. The minimum absolute atomic E-state index is 0.690. The predicted octanol–water partition coefficient (Wildman–Crippen LogP) is 3.16. The molecule has 0 spiro atoms. The molecule has 0 saturated heterocycles. The molecule has 0 aliphatic rings. The van der Waals surface area contributed by atoms with Crippen molar-refractivity contribution in [2.24, 2.45) is 5.92 Å². The highest BCUT2D eigenvalue weighted by Gasteiger charge is 1.79. The Labute approximate surface area is 58.3 Å². The van der Waals surface area contributed by atoms with Crippen molar-refractivity contribution in [2.45, 2.75) is 27.2 Å². The monoisotopic (exact) mass is 124 g/mol. The summed E-state index contributed by atoms with van der Waals surface area (Å²) < 4.78 is 0. The van der Waals surface area contributed by atoms with Gasteiger partial charge in [-0.05, 0) is 19.3 Å². The van der Waals surface area contributed by atoms with Crippen LogP contribution in [0.5, 0.6) is 0 Å². The maximum Gasteiger partial charge on any atom is -0.0169 e. The number of rotatable bonds is 3. The highest BCUT2D eigenvalue weighted by atomic mass is 13.9. The molecular formula is C9H16. The Kier molecular flexibility index (Phi) is 5.29. The lowest BCUT2D eigenvalue weighted by Crippen LogP contribution is -1.75. The summed E-state index contributed by atoms with van der Waals surface area (Å²) in [5.74, 6) is 0.690. The number of hydrogen-bond donors (Lipinski definition) is 0. The molecule has 0 aromatic rings. The Morgan fingerprint density at radius 1 is 1.22 bits per heavy atom. The molecule has 0 amide bonds. The van der Waals surface area contributed by atoms with Crippen molar-refractivity contribution in [3.05, 3.63) is 24.3 Å². The van der Waals surface area contributed by atoms with Crippen LogP contribution in [0.3, 0.4) is 0 Å². The second kappa shape index (κ2) is 5.61. The molecule has 0 heterocycles. The molecule has 0 unspecified atom stereocenters. The fourth-order valence-corrected chi connectivity index (χ4v) is 0.565. The highest BCUT2D eigenvalue weighted by Crippen LogP contribution is 1.95. The van der Waals surface area contributed by atoms with Crippen LogP contribution in [0.4, 0.5) is 0 Å². The van der Waals surface area contributed by atoms with E-state index >= 15 is 0 Å². The lowest BCUT2D eigenvalue weighted by Gasteiger charge is -1.89. The van der Waals surface area contributed by atoms with Gasteiger partial charge in [-0.2, -0.15) is 0 Å². The lowest BCUT2D eigenvalue weighted by atomic mass is 10.2. The summed E-state index contributed by atoms with van der Waals surface area (Å²) in [5, 5.41) is 0. The van der Waals surface area contributed by atoms with Crippen molar-refractivity contribution in [1.82, 2.24) is 0 Å². The molecule has 0 aromatic heterocycles. The van der Waals surface area contributed by atoms with Crippen LogP contribution >= 0.6 is 0 Å². The first-order chi connectivity index (χ1) is 4.27. The largest absolute Gasteiger partial charge is 0.0914 e. The first-order valence-electron chi connectivity index (χ1n) is 3.55. The first kappa shape index (κ1) is 8.48. The molecule has 0 N–H and O–H groups in total. The van der Waals surface area contributed by atoms with Gasteiger partial charge in [-0.15, -0.1) is 0 Å². The quantitative estimate of drug-likeness (QED) is 0.507. The molecule has 0 saturated carbocycles. The summed E-state index contributed by atoms with van der Waals surface area (Å²) in [5.41, 5.74) is 0. The third-order valence-electron chi connectivity index (χ3n) is 1.03. The van der Waals surface area contributed by atoms with E-state index in [0.717, 1.165) is 6.42 Å². The van der Waals surface area contributed by atoms with Gasteiger partial charge in [0, 0.05) is 0 Å². The van der Waals surface area contributed by atoms with E-state index in [-0.39, 0.29) is 0 Å². The van der Waals surface area contributed by atoms with Gasteiger partial charge in [0.25, 0.3) is 0 Å². The maximum absolute atomic E-state index is 2.22. The molecule has 0 aliphatic heterocycles. The molecule has 0 fully saturated rings. The minimum Gasteiger partial charge on any atom is -0.0914 e. The van der Waals surface area contributed by atoms with Gasteiger partial charge in [-0.1, -0.05) is 38.2 Å². The van der Waals surface area contributed by atoms with E-state index in [1.165, 1.54) is 0 Å². The summed E-state index contributed by atoms with van der Waals surface area (Å²) >= 11 is 0. The molecule has 0 heteroatoms. The average Bonchev–Trinajstić information content (AvgIpc) is 1.80. The van der Waals surface area contributed by atoms with Crippen molar-refractivity contribution in [3.8, 4) is 0 Å². The van der Waals surface area contributed by atoms with E-state index in [1.807, 2.05) is 6.92 Å². The maximum atomic E-state index is 2.22. The van der Waals surface area contributed by atoms with E-state index in [9.17, 15) is 0 Å². The number of hydrogen-bond acceptors (Lipinski definition) is 0. The summed E-state index contributed by atoms with van der Waals surface area (Å²) in [6, 6.07) is 0. The zero-order valence-corrected chi connectivity index (χ0v) is 6.59. The minimum atomic E-state index is 0.690. The van der Waals surface area contributed by atoms with Gasteiger partial charge in [-0.25, -0.2) is 0 Å². The van der Waals surface area contributed by atoms with Crippen LogP contribution in [0.1, 0.15) is 27.2 Å². The van der Waals surface area contributed by atoms with Crippen molar-refractivity contribution >= 4 is 0 Å². The van der Waals surface area contributed by atoms with Crippen molar-refractivity contribution < 1.29 is 0 Å². The van der Waals surface area contributed by atoms with Gasteiger partial charge in [-0.3, -0.25) is 0 Å². The standard InChI is InChI=1S/C9H16/c1-4-5-6-7-8-9(2)3/h4-5,7-9H,6H2,1-3H3/b5-4+,8-7?. The molecule has 0 aromatic carbocycles. The molecule has 0 atom stereocenters. The van der Waals surface area contributed by atoms with Gasteiger partial charge in [0.2, 0.25) is 0 Å². The summed E-state index contributed by atoms with van der Waals surface area (Å²) in [6.45, 7) is 6.42. The van der Waals surface area contributed by atoms with Gasteiger partial charge in [0.05, 0.1) is 0 Å².